The standard InChI is InChI=1S/C21H18N2O4/c1-13-3-2-4-16(11-13)18-10-9-17(20(25)23-18)19(24)22-12-14-5-7-15(8-6-14)21(26)27/h2-11H,12H2,1H3,(H,22,24)(H,23,25)(H,26,27). The zero-order valence-electron chi connectivity index (χ0n) is 14.7. The Labute approximate surface area is 155 Å². The van der Waals surface area contributed by atoms with Gasteiger partial charge in [0.15, 0.2) is 0 Å². The summed E-state index contributed by atoms with van der Waals surface area (Å²) in [6, 6.07) is 17.1. The SMILES string of the molecule is Cc1cccc(-c2ccc(C(=O)NCc3ccc(C(=O)O)cc3)c(=O)[nH]2)c1. The molecule has 3 N–H and O–H groups in total. The molecule has 6 heteroatoms. The Hall–Kier alpha value is -3.67. The number of aromatic carboxylic acids is 1. The van der Waals surface area contributed by atoms with Gasteiger partial charge in [-0.2, -0.15) is 0 Å². The lowest BCUT2D eigenvalue weighted by atomic mass is 10.1. The van der Waals surface area contributed by atoms with Gasteiger partial charge >= 0.3 is 5.97 Å². The third kappa shape index (κ3) is 4.30. The number of aromatic nitrogens is 1. The summed E-state index contributed by atoms with van der Waals surface area (Å²) >= 11 is 0. The highest BCUT2D eigenvalue weighted by atomic mass is 16.4. The summed E-state index contributed by atoms with van der Waals surface area (Å²) in [6.07, 6.45) is 0. The molecule has 0 unspecified atom stereocenters. The van der Waals surface area contributed by atoms with Crippen molar-refractivity contribution in [1.82, 2.24) is 10.3 Å². The largest absolute Gasteiger partial charge is 0.478 e. The molecular weight excluding hydrogens is 344 g/mol. The van der Waals surface area contributed by atoms with Gasteiger partial charge in [0.05, 0.1) is 5.56 Å². The first-order valence-corrected chi connectivity index (χ1v) is 8.35. The fourth-order valence-electron chi connectivity index (χ4n) is 2.68. The monoisotopic (exact) mass is 362 g/mol. The number of carboxylic acid groups (broad SMARTS) is 1. The van der Waals surface area contributed by atoms with Crippen LogP contribution in [-0.2, 0) is 6.54 Å². The van der Waals surface area contributed by atoms with Crippen LogP contribution in [0, 0.1) is 6.92 Å². The van der Waals surface area contributed by atoms with Crippen LogP contribution in [0.3, 0.4) is 0 Å². The second-order valence-electron chi connectivity index (χ2n) is 6.17. The molecular formula is C21H18N2O4. The van der Waals surface area contributed by atoms with E-state index in [-0.39, 0.29) is 17.7 Å². The van der Waals surface area contributed by atoms with E-state index >= 15 is 0 Å². The molecule has 0 aliphatic heterocycles. The van der Waals surface area contributed by atoms with Crippen molar-refractivity contribution in [3.05, 3.63) is 93.3 Å². The Morgan fingerprint density at radius 1 is 1.04 bits per heavy atom. The molecule has 0 saturated carbocycles. The van der Waals surface area contributed by atoms with Gasteiger partial charge in [-0.3, -0.25) is 9.59 Å². The zero-order valence-corrected chi connectivity index (χ0v) is 14.7. The molecule has 0 spiro atoms. The summed E-state index contributed by atoms with van der Waals surface area (Å²) in [5, 5.41) is 11.6. The molecule has 3 rings (SSSR count). The summed E-state index contributed by atoms with van der Waals surface area (Å²) in [6.45, 7) is 2.16. The van der Waals surface area contributed by atoms with E-state index < -0.39 is 17.4 Å². The van der Waals surface area contributed by atoms with Gasteiger partial charge in [0.25, 0.3) is 11.5 Å². The predicted octanol–water partition coefficient (Wildman–Crippen LogP) is 2.98. The number of carbonyl (C=O) groups is 2. The van der Waals surface area contributed by atoms with Gasteiger partial charge in [-0.25, -0.2) is 4.79 Å². The maximum Gasteiger partial charge on any atom is 0.335 e. The van der Waals surface area contributed by atoms with E-state index in [1.807, 2.05) is 31.2 Å². The Morgan fingerprint density at radius 2 is 1.78 bits per heavy atom. The minimum absolute atomic E-state index is 0.0218. The first-order chi connectivity index (χ1) is 12.9. The van der Waals surface area contributed by atoms with Crippen LogP contribution >= 0.6 is 0 Å². The lowest BCUT2D eigenvalue weighted by Gasteiger charge is -2.07. The molecule has 1 heterocycles. The predicted molar refractivity (Wildman–Crippen MR) is 102 cm³/mol. The molecule has 1 aromatic heterocycles. The molecule has 3 aromatic rings. The number of aromatic amines is 1. The number of benzene rings is 2. The lowest BCUT2D eigenvalue weighted by Crippen LogP contribution is -2.29. The first kappa shape index (κ1) is 18.1. The molecule has 0 radical (unpaired) electrons. The molecule has 0 atom stereocenters. The number of rotatable bonds is 5. The summed E-state index contributed by atoms with van der Waals surface area (Å²) in [5.41, 5.74) is 3.06. The third-order valence-corrected chi connectivity index (χ3v) is 4.14. The van der Waals surface area contributed by atoms with Crippen LogP contribution in [0.2, 0.25) is 0 Å². The van der Waals surface area contributed by atoms with E-state index in [9.17, 15) is 14.4 Å². The second-order valence-corrected chi connectivity index (χ2v) is 6.17. The molecule has 0 bridgehead atoms. The highest BCUT2D eigenvalue weighted by molar-refractivity contribution is 5.94. The van der Waals surface area contributed by atoms with Gasteiger partial charge < -0.3 is 15.4 Å². The van der Waals surface area contributed by atoms with E-state index in [4.69, 9.17) is 5.11 Å². The highest BCUT2D eigenvalue weighted by Crippen LogP contribution is 2.17. The van der Waals surface area contributed by atoms with Gasteiger partial charge in [0.2, 0.25) is 0 Å². The minimum Gasteiger partial charge on any atom is -0.478 e. The third-order valence-electron chi connectivity index (χ3n) is 4.14. The number of hydrogen-bond acceptors (Lipinski definition) is 3. The van der Waals surface area contributed by atoms with Crippen LogP contribution in [0.15, 0.2) is 65.5 Å². The van der Waals surface area contributed by atoms with E-state index in [2.05, 4.69) is 10.3 Å². The van der Waals surface area contributed by atoms with Crippen molar-refractivity contribution in [1.29, 1.82) is 0 Å². The highest BCUT2D eigenvalue weighted by Gasteiger charge is 2.11. The molecule has 0 saturated heterocycles. The van der Waals surface area contributed by atoms with Gasteiger partial charge in [0, 0.05) is 12.2 Å². The molecule has 1 amide bonds. The smallest absolute Gasteiger partial charge is 0.335 e. The van der Waals surface area contributed by atoms with Crippen molar-refractivity contribution in [3.8, 4) is 11.3 Å². The molecule has 2 aromatic carbocycles. The van der Waals surface area contributed by atoms with Gasteiger partial charge in [-0.05, 0) is 48.4 Å². The number of pyridine rings is 1. The number of carboxylic acids is 1. The Balaban J connectivity index is 1.71. The van der Waals surface area contributed by atoms with Crippen molar-refractivity contribution in [2.75, 3.05) is 0 Å². The fourth-order valence-corrected chi connectivity index (χ4v) is 2.68. The average molecular weight is 362 g/mol. The van der Waals surface area contributed by atoms with Gasteiger partial charge in [-0.1, -0.05) is 35.9 Å². The maximum atomic E-state index is 12.3. The number of hydrogen-bond donors (Lipinski definition) is 3. The summed E-state index contributed by atoms with van der Waals surface area (Å²) < 4.78 is 0. The summed E-state index contributed by atoms with van der Waals surface area (Å²) in [4.78, 5) is 38.2. The molecule has 0 aliphatic carbocycles. The summed E-state index contributed by atoms with van der Waals surface area (Å²) in [5.74, 6) is -1.50. The van der Waals surface area contributed by atoms with Gasteiger partial charge in [-0.15, -0.1) is 0 Å². The van der Waals surface area contributed by atoms with Crippen molar-refractivity contribution in [3.63, 3.8) is 0 Å². The van der Waals surface area contributed by atoms with Gasteiger partial charge in [0.1, 0.15) is 5.56 Å². The van der Waals surface area contributed by atoms with Crippen LogP contribution in [-0.4, -0.2) is 22.0 Å². The molecule has 0 fully saturated rings. The van der Waals surface area contributed by atoms with Crippen LogP contribution in [0.1, 0.15) is 31.8 Å². The average Bonchev–Trinajstić information content (AvgIpc) is 2.66. The molecule has 6 nitrogen and oxygen atoms in total. The quantitative estimate of drug-likeness (QED) is 0.650. The molecule has 27 heavy (non-hydrogen) atoms. The number of amides is 1. The first-order valence-electron chi connectivity index (χ1n) is 8.35. The molecule has 136 valence electrons. The second kappa shape index (κ2) is 7.70. The van der Waals surface area contributed by atoms with Crippen LogP contribution < -0.4 is 10.9 Å². The Kier molecular flexibility index (Phi) is 5.17. The van der Waals surface area contributed by atoms with E-state index in [1.54, 1.807) is 18.2 Å². The van der Waals surface area contributed by atoms with Crippen LogP contribution in [0.25, 0.3) is 11.3 Å². The van der Waals surface area contributed by atoms with E-state index in [0.717, 1.165) is 16.7 Å². The van der Waals surface area contributed by atoms with Crippen molar-refractivity contribution < 1.29 is 14.7 Å². The summed E-state index contributed by atoms with van der Waals surface area (Å²) in [7, 11) is 0. The topological polar surface area (TPSA) is 99.3 Å². The fraction of sp³-hybridized carbons (Fsp3) is 0.0952. The Morgan fingerprint density at radius 3 is 2.41 bits per heavy atom. The molecule has 0 aliphatic rings. The van der Waals surface area contributed by atoms with Crippen molar-refractivity contribution in [2.45, 2.75) is 13.5 Å². The van der Waals surface area contributed by atoms with Crippen molar-refractivity contribution >= 4 is 11.9 Å². The zero-order chi connectivity index (χ0) is 19.4. The minimum atomic E-state index is -1.01. The van der Waals surface area contributed by atoms with Crippen LogP contribution in [0.4, 0.5) is 0 Å². The van der Waals surface area contributed by atoms with Crippen LogP contribution in [0.5, 0.6) is 0 Å². The van der Waals surface area contributed by atoms with E-state index in [1.165, 1.54) is 18.2 Å². The van der Waals surface area contributed by atoms with Crippen molar-refractivity contribution in [2.24, 2.45) is 0 Å². The number of aryl methyl sites for hydroxylation is 1. The normalized spacial score (nSPS) is 10.4. The Bertz CT molecular complexity index is 1050. The number of H-pyrrole nitrogens is 1. The lowest BCUT2D eigenvalue weighted by molar-refractivity contribution is 0.0696. The maximum absolute atomic E-state index is 12.3. The number of carbonyl (C=O) groups excluding carboxylic acids is 1. The van der Waals surface area contributed by atoms with E-state index in [0.29, 0.717) is 5.69 Å². The number of nitrogens with one attached hydrogen (secondary N) is 2.